The maximum absolute atomic E-state index is 12.0. The summed E-state index contributed by atoms with van der Waals surface area (Å²) in [4.78, 5) is 15.1. The van der Waals surface area contributed by atoms with Crippen molar-refractivity contribution in [1.82, 2.24) is 5.32 Å². The molecule has 1 N–H and O–H groups in total. The first kappa shape index (κ1) is 13.5. The average Bonchev–Trinajstić information content (AvgIpc) is 3.08. The van der Waals surface area contributed by atoms with Crippen LogP contribution in [0.4, 0.5) is 0 Å². The molecule has 0 spiro atoms. The van der Waals surface area contributed by atoms with Gasteiger partial charge in [-0.25, -0.2) is 0 Å². The second kappa shape index (κ2) is 5.25. The van der Waals surface area contributed by atoms with Crippen molar-refractivity contribution in [2.45, 2.75) is 30.5 Å². The van der Waals surface area contributed by atoms with E-state index >= 15 is 0 Å². The highest BCUT2D eigenvalue weighted by atomic mass is 79.9. The van der Waals surface area contributed by atoms with Crippen LogP contribution >= 0.6 is 27.3 Å². The predicted molar refractivity (Wildman–Crippen MR) is 89.6 cm³/mol. The molecule has 0 bridgehead atoms. The second-order valence-electron chi connectivity index (χ2n) is 5.74. The number of alkyl halides is 1. The largest absolute Gasteiger partial charge is 0.352 e. The highest BCUT2D eigenvalue weighted by Crippen LogP contribution is 2.40. The van der Waals surface area contributed by atoms with Crippen molar-refractivity contribution >= 4 is 33.2 Å². The summed E-state index contributed by atoms with van der Waals surface area (Å²) in [6.45, 7) is 0.751. The van der Waals surface area contributed by atoms with E-state index in [-0.39, 0.29) is 10.7 Å². The van der Waals surface area contributed by atoms with Gasteiger partial charge >= 0.3 is 0 Å². The van der Waals surface area contributed by atoms with E-state index in [4.69, 9.17) is 0 Å². The van der Waals surface area contributed by atoms with Gasteiger partial charge in [-0.05, 0) is 54.5 Å². The van der Waals surface area contributed by atoms with Gasteiger partial charge in [0, 0.05) is 21.9 Å². The minimum atomic E-state index is 0.0616. The topological polar surface area (TPSA) is 29.1 Å². The Balaban J connectivity index is 1.69. The van der Waals surface area contributed by atoms with Crippen LogP contribution in [0.15, 0.2) is 24.3 Å². The molecule has 21 heavy (non-hydrogen) atoms. The van der Waals surface area contributed by atoms with Gasteiger partial charge in [0.25, 0.3) is 5.91 Å². The van der Waals surface area contributed by atoms with E-state index < -0.39 is 0 Å². The summed E-state index contributed by atoms with van der Waals surface area (Å²) in [7, 11) is 0. The minimum absolute atomic E-state index is 0.0616. The lowest BCUT2D eigenvalue weighted by molar-refractivity contribution is 0.0946. The van der Waals surface area contributed by atoms with E-state index in [1.54, 1.807) is 4.88 Å². The number of halogens is 1. The molecular formula is C17H16BrNOS. The highest BCUT2D eigenvalue weighted by Gasteiger charge is 2.22. The minimum Gasteiger partial charge on any atom is -0.352 e. The Morgan fingerprint density at radius 3 is 2.90 bits per heavy atom. The van der Waals surface area contributed by atoms with Crippen molar-refractivity contribution in [2.75, 3.05) is 6.54 Å². The number of hydrogen-bond acceptors (Lipinski definition) is 2. The Kier molecular flexibility index (Phi) is 3.38. The highest BCUT2D eigenvalue weighted by molar-refractivity contribution is 9.09. The Morgan fingerprint density at radius 1 is 1.14 bits per heavy atom. The third-order valence-electron chi connectivity index (χ3n) is 4.37. The maximum atomic E-state index is 12.0. The predicted octanol–water partition coefficient (Wildman–Crippen LogP) is 4.01. The lowest BCUT2D eigenvalue weighted by Crippen LogP contribution is -2.31. The van der Waals surface area contributed by atoms with Crippen molar-refractivity contribution in [3.05, 3.63) is 56.3 Å². The first-order valence-corrected chi connectivity index (χ1v) is 9.12. The zero-order chi connectivity index (χ0) is 14.4. The van der Waals surface area contributed by atoms with Crippen molar-refractivity contribution < 1.29 is 4.79 Å². The van der Waals surface area contributed by atoms with Gasteiger partial charge in [-0.15, -0.1) is 11.3 Å². The Labute approximate surface area is 136 Å². The number of amides is 1. The molecular weight excluding hydrogens is 346 g/mol. The van der Waals surface area contributed by atoms with Gasteiger partial charge in [0.15, 0.2) is 0 Å². The third kappa shape index (κ3) is 2.34. The molecule has 2 nitrogen and oxygen atoms in total. The molecule has 0 radical (unpaired) electrons. The molecule has 1 unspecified atom stereocenters. The first-order chi connectivity index (χ1) is 10.2. The van der Waals surface area contributed by atoms with Crippen LogP contribution in [0.25, 0.3) is 0 Å². The molecule has 0 fully saturated rings. The Hall–Kier alpha value is -1.13. The van der Waals surface area contributed by atoms with Crippen molar-refractivity contribution in [3.63, 3.8) is 0 Å². The van der Waals surface area contributed by atoms with Crippen LogP contribution in [0.3, 0.4) is 0 Å². The van der Waals surface area contributed by atoms with Crippen LogP contribution in [0.2, 0.25) is 0 Å². The summed E-state index contributed by atoms with van der Waals surface area (Å²) < 4.78 is 0. The van der Waals surface area contributed by atoms with Gasteiger partial charge in [-0.3, -0.25) is 4.79 Å². The summed E-state index contributed by atoms with van der Waals surface area (Å²) in [6, 6.07) is 8.65. The van der Waals surface area contributed by atoms with Crippen LogP contribution in [-0.2, 0) is 19.3 Å². The number of thiophene rings is 1. The average molecular weight is 362 g/mol. The summed E-state index contributed by atoms with van der Waals surface area (Å²) in [5.74, 6) is 0.0616. The molecule has 108 valence electrons. The number of aryl methyl sites for hydroxylation is 2. The van der Waals surface area contributed by atoms with Crippen LogP contribution in [0, 0.1) is 0 Å². The summed E-state index contributed by atoms with van der Waals surface area (Å²) >= 11 is 5.74. The molecule has 1 aliphatic carbocycles. The number of fused-ring (bicyclic) bond motifs is 2. The fourth-order valence-electron chi connectivity index (χ4n) is 3.23. The molecule has 1 atom stereocenters. The van der Waals surface area contributed by atoms with Crippen LogP contribution < -0.4 is 5.32 Å². The van der Waals surface area contributed by atoms with E-state index in [0.29, 0.717) is 0 Å². The van der Waals surface area contributed by atoms with Crippen LogP contribution in [-0.4, -0.2) is 12.5 Å². The van der Waals surface area contributed by atoms with E-state index in [9.17, 15) is 4.79 Å². The normalized spacial score (nSPS) is 18.0. The molecule has 2 aromatic rings. The van der Waals surface area contributed by atoms with Gasteiger partial charge in [-0.1, -0.05) is 28.1 Å². The van der Waals surface area contributed by atoms with E-state index in [2.05, 4.69) is 39.4 Å². The number of hydrogen-bond donors (Lipinski definition) is 1. The molecule has 0 saturated heterocycles. The van der Waals surface area contributed by atoms with Crippen molar-refractivity contribution in [2.24, 2.45) is 0 Å². The first-order valence-electron chi connectivity index (χ1n) is 7.39. The SMILES string of the molecule is O=C1NCCc2ccc(C(Br)c3cc4c(s3)CCC4)cc21. The zero-order valence-electron chi connectivity index (χ0n) is 11.6. The Bertz CT molecular complexity index is 700. The molecule has 2 aliphatic rings. The van der Waals surface area contributed by atoms with Crippen molar-refractivity contribution in [1.29, 1.82) is 0 Å². The molecule has 1 aliphatic heterocycles. The van der Waals surface area contributed by atoms with Crippen LogP contribution in [0.5, 0.6) is 0 Å². The molecule has 4 rings (SSSR count). The van der Waals surface area contributed by atoms with Gasteiger partial charge in [0.1, 0.15) is 0 Å². The lowest BCUT2D eigenvalue weighted by Gasteiger charge is -2.18. The van der Waals surface area contributed by atoms with Gasteiger partial charge in [-0.2, -0.15) is 0 Å². The zero-order valence-corrected chi connectivity index (χ0v) is 14.0. The fourth-order valence-corrected chi connectivity index (χ4v) is 5.19. The summed E-state index contributed by atoms with van der Waals surface area (Å²) in [5, 5.41) is 2.92. The molecule has 2 heterocycles. The van der Waals surface area contributed by atoms with Crippen molar-refractivity contribution in [3.8, 4) is 0 Å². The summed E-state index contributed by atoms with van der Waals surface area (Å²) in [6.07, 6.45) is 4.68. The Morgan fingerprint density at radius 2 is 2.05 bits per heavy atom. The van der Waals surface area contributed by atoms with E-state index in [0.717, 1.165) is 24.1 Å². The van der Waals surface area contributed by atoms with Gasteiger partial charge in [0.05, 0.1) is 4.83 Å². The molecule has 1 aromatic heterocycles. The van der Waals surface area contributed by atoms with Crippen LogP contribution in [0.1, 0.15) is 48.1 Å². The quantitative estimate of drug-likeness (QED) is 0.804. The monoisotopic (exact) mass is 361 g/mol. The van der Waals surface area contributed by atoms with Gasteiger partial charge in [0.2, 0.25) is 0 Å². The standard InChI is InChI=1S/C17H16BrNOS/c18-16(15-9-11-2-1-3-14(11)21-15)12-5-4-10-6-7-19-17(20)13(10)8-12/h4-5,8-9,16H,1-3,6-7H2,(H,19,20). The molecule has 0 saturated carbocycles. The maximum Gasteiger partial charge on any atom is 0.251 e. The number of carbonyl (C=O) groups excluding carboxylic acids is 1. The molecule has 4 heteroatoms. The van der Waals surface area contributed by atoms with E-state index in [1.807, 2.05) is 17.4 Å². The number of carbonyl (C=O) groups is 1. The van der Waals surface area contributed by atoms with E-state index in [1.165, 1.54) is 35.3 Å². The number of rotatable bonds is 2. The fraction of sp³-hybridized carbons (Fsp3) is 0.353. The third-order valence-corrected chi connectivity index (χ3v) is 6.99. The molecule has 1 aromatic carbocycles. The molecule has 1 amide bonds. The van der Waals surface area contributed by atoms with Gasteiger partial charge < -0.3 is 5.32 Å². The smallest absolute Gasteiger partial charge is 0.251 e. The summed E-state index contributed by atoms with van der Waals surface area (Å²) in [5.41, 5.74) is 4.70. The second-order valence-corrected chi connectivity index (χ2v) is 7.82. The lowest BCUT2D eigenvalue weighted by atomic mass is 9.96. The number of benzene rings is 1. The number of nitrogens with one attached hydrogen (secondary N) is 1.